The number of hydrogen-bond acceptors (Lipinski definition) is 2. The maximum absolute atomic E-state index is 5.36. The molecule has 0 aliphatic rings. The van der Waals surface area contributed by atoms with Gasteiger partial charge in [0.1, 0.15) is 5.75 Å². The highest BCUT2D eigenvalue weighted by Gasteiger charge is 1.97. The lowest BCUT2D eigenvalue weighted by atomic mass is 10.2. The van der Waals surface area contributed by atoms with E-state index in [2.05, 4.69) is 12.2 Å². The van der Waals surface area contributed by atoms with Crippen LogP contribution in [0.15, 0.2) is 18.2 Å². The van der Waals surface area contributed by atoms with Gasteiger partial charge < -0.3 is 10.1 Å². The van der Waals surface area contributed by atoms with Crippen molar-refractivity contribution in [2.75, 3.05) is 19.0 Å². The summed E-state index contributed by atoms with van der Waals surface area (Å²) in [6.07, 6.45) is 0. The molecule has 0 fully saturated rings. The van der Waals surface area contributed by atoms with Gasteiger partial charge >= 0.3 is 0 Å². The van der Waals surface area contributed by atoms with Crippen molar-refractivity contribution < 1.29 is 4.74 Å². The Kier molecular flexibility index (Phi) is 2.97. The maximum Gasteiger partial charge on any atom is 0.119 e. The van der Waals surface area contributed by atoms with Gasteiger partial charge in [-0.15, -0.1) is 0 Å². The van der Waals surface area contributed by atoms with Crippen LogP contribution in [0, 0.1) is 6.92 Å². The fraction of sp³-hybridized carbons (Fsp3) is 0.400. The second kappa shape index (κ2) is 4.00. The highest BCUT2D eigenvalue weighted by molar-refractivity contribution is 5.52. The fourth-order valence-electron chi connectivity index (χ4n) is 1.17. The van der Waals surface area contributed by atoms with Gasteiger partial charge in [-0.05, 0) is 37.6 Å². The summed E-state index contributed by atoms with van der Waals surface area (Å²) in [5, 5.41) is 3.11. The van der Waals surface area contributed by atoms with Crippen molar-refractivity contribution >= 4 is 5.69 Å². The highest BCUT2D eigenvalue weighted by Crippen LogP contribution is 2.20. The Morgan fingerprint density at radius 2 is 2.17 bits per heavy atom. The van der Waals surface area contributed by atoms with Crippen LogP contribution in [0.1, 0.15) is 12.5 Å². The Morgan fingerprint density at radius 1 is 1.42 bits per heavy atom. The first-order chi connectivity index (χ1) is 5.77. The molecule has 66 valence electrons. The Morgan fingerprint density at radius 3 is 2.67 bits per heavy atom. The number of aryl methyl sites for hydroxylation is 1. The Labute approximate surface area is 73.6 Å². The quantitative estimate of drug-likeness (QED) is 0.742. The monoisotopic (exact) mass is 165 g/mol. The number of hydrogen-bond donors (Lipinski definition) is 1. The molecule has 0 saturated heterocycles. The smallest absolute Gasteiger partial charge is 0.119 e. The Bertz CT molecular complexity index is 258. The highest BCUT2D eigenvalue weighted by atomic mass is 16.5. The Hall–Kier alpha value is -1.18. The molecule has 1 aromatic carbocycles. The van der Waals surface area contributed by atoms with Gasteiger partial charge in [-0.3, -0.25) is 0 Å². The molecule has 0 amide bonds. The molecule has 0 aliphatic carbocycles. The van der Waals surface area contributed by atoms with Crippen LogP contribution in [-0.2, 0) is 0 Å². The molecular formula is C10H15NO. The minimum Gasteiger partial charge on any atom is -0.494 e. The lowest BCUT2D eigenvalue weighted by molar-refractivity contribution is 0.340. The van der Waals surface area contributed by atoms with Crippen LogP contribution in [0.5, 0.6) is 5.75 Å². The van der Waals surface area contributed by atoms with E-state index >= 15 is 0 Å². The third-order valence-electron chi connectivity index (χ3n) is 1.78. The van der Waals surface area contributed by atoms with Crippen LogP contribution in [0.3, 0.4) is 0 Å². The van der Waals surface area contributed by atoms with E-state index in [4.69, 9.17) is 4.74 Å². The molecule has 1 aromatic rings. The molecule has 12 heavy (non-hydrogen) atoms. The van der Waals surface area contributed by atoms with E-state index in [-0.39, 0.29) is 0 Å². The number of nitrogens with one attached hydrogen (secondary N) is 1. The largest absolute Gasteiger partial charge is 0.494 e. The van der Waals surface area contributed by atoms with Crippen LogP contribution >= 0.6 is 0 Å². The van der Waals surface area contributed by atoms with Gasteiger partial charge in [0.2, 0.25) is 0 Å². The van der Waals surface area contributed by atoms with Crippen LogP contribution in [0.25, 0.3) is 0 Å². The molecule has 2 heteroatoms. The van der Waals surface area contributed by atoms with Crippen molar-refractivity contribution in [2.24, 2.45) is 0 Å². The van der Waals surface area contributed by atoms with Crippen LogP contribution < -0.4 is 10.1 Å². The summed E-state index contributed by atoms with van der Waals surface area (Å²) >= 11 is 0. The van der Waals surface area contributed by atoms with Crippen molar-refractivity contribution in [1.29, 1.82) is 0 Å². The van der Waals surface area contributed by atoms with E-state index < -0.39 is 0 Å². The fourth-order valence-corrected chi connectivity index (χ4v) is 1.17. The summed E-state index contributed by atoms with van der Waals surface area (Å²) in [6.45, 7) is 4.77. The summed E-state index contributed by atoms with van der Waals surface area (Å²) < 4.78 is 5.36. The molecule has 0 atom stereocenters. The minimum atomic E-state index is 0.721. The molecule has 2 nitrogen and oxygen atoms in total. The molecule has 0 spiro atoms. The van der Waals surface area contributed by atoms with E-state index in [1.807, 2.05) is 32.2 Å². The van der Waals surface area contributed by atoms with Crippen LogP contribution in [0.2, 0.25) is 0 Å². The van der Waals surface area contributed by atoms with Gasteiger partial charge in [0.25, 0.3) is 0 Å². The molecule has 0 saturated carbocycles. The number of rotatable bonds is 3. The average Bonchev–Trinajstić information content (AvgIpc) is 2.05. The number of ether oxygens (including phenoxy) is 1. The number of benzene rings is 1. The van der Waals surface area contributed by atoms with E-state index in [1.165, 1.54) is 5.56 Å². The van der Waals surface area contributed by atoms with Crippen LogP contribution in [0.4, 0.5) is 5.69 Å². The normalized spacial score (nSPS) is 9.58. The molecule has 0 aromatic heterocycles. The van der Waals surface area contributed by atoms with Crippen molar-refractivity contribution in [3.63, 3.8) is 0 Å². The maximum atomic E-state index is 5.36. The summed E-state index contributed by atoms with van der Waals surface area (Å²) in [5.41, 5.74) is 2.36. The van der Waals surface area contributed by atoms with Crippen molar-refractivity contribution in [3.05, 3.63) is 23.8 Å². The van der Waals surface area contributed by atoms with Gasteiger partial charge in [0, 0.05) is 12.7 Å². The third kappa shape index (κ3) is 1.91. The molecule has 0 bridgehead atoms. The van der Waals surface area contributed by atoms with Crippen molar-refractivity contribution in [2.45, 2.75) is 13.8 Å². The number of anilines is 1. The summed E-state index contributed by atoms with van der Waals surface area (Å²) in [5.74, 6) is 0.939. The topological polar surface area (TPSA) is 21.3 Å². The van der Waals surface area contributed by atoms with Gasteiger partial charge in [-0.1, -0.05) is 0 Å². The zero-order chi connectivity index (χ0) is 8.97. The third-order valence-corrected chi connectivity index (χ3v) is 1.78. The first-order valence-corrected chi connectivity index (χ1v) is 4.19. The predicted molar refractivity (Wildman–Crippen MR) is 51.9 cm³/mol. The van der Waals surface area contributed by atoms with E-state index in [9.17, 15) is 0 Å². The first kappa shape index (κ1) is 8.91. The first-order valence-electron chi connectivity index (χ1n) is 4.19. The minimum absolute atomic E-state index is 0.721. The van der Waals surface area contributed by atoms with Gasteiger partial charge in [0.05, 0.1) is 6.61 Å². The van der Waals surface area contributed by atoms with Crippen molar-refractivity contribution in [1.82, 2.24) is 0 Å². The lowest BCUT2D eigenvalue weighted by Crippen LogP contribution is -1.94. The summed E-state index contributed by atoms with van der Waals surface area (Å²) in [7, 11) is 1.92. The average molecular weight is 165 g/mol. The van der Waals surface area contributed by atoms with Gasteiger partial charge in [-0.2, -0.15) is 0 Å². The van der Waals surface area contributed by atoms with E-state index in [0.29, 0.717) is 0 Å². The second-order valence-electron chi connectivity index (χ2n) is 2.66. The Balaban J connectivity index is 2.86. The SMILES string of the molecule is CCOc1ccc(NC)c(C)c1. The van der Waals surface area contributed by atoms with E-state index in [0.717, 1.165) is 18.0 Å². The molecule has 0 unspecified atom stereocenters. The molecule has 0 radical (unpaired) electrons. The molecule has 0 heterocycles. The van der Waals surface area contributed by atoms with Gasteiger partial charge in [-0.25, -0.2) is 0 Å². The van der Waals surface area contributed by atoms with E-state index in [1.54, 1.807) is 0 Å². The lowest BCUT2D eigenvalue weighted by Gasteiger charge is -2.07. The van der Waals surface area contributed by atoms with Crippen LogP contribution in [-0.4, -0.2) is 13.7 Å². The zero-order valence-electron chi connectivity index (χ0n) is 7.85. The molecule has 0 aliphatic heterocycles. The molecular weight excluding hydrogens is 150 g/mol. The predicted octanol–water partition coefficient (Wildman–Crippen LogP) is 2.44. The summed E-state index contributed by atoms with van der Waals surface area (Å²) in [6, 6.07) is 6.04. The van der Waals surface area contributed by atoms with Gasteiger partial charge in [0.15, 0.2) is 0 Å². The zero-order valence-corrected chi connectivity index (χ0v) is 7.85. The standard InChI is InChI=1S/C10H15NO/c1-4-12-9-5-6-10(11-3)8(2)7-9/h5-7,11H,4H2,1-3H3. The molecule has 1 rings (SSSR count). The van der Waals surface area contributed by atoms with Crippen molar-refractivity contribution in [3.8, 4) is 5.75 Å². The molecule has 1 N–H and O–H groups in total. The summed E-state index contributed by atoms with van der Waals surface area (Å²) in [4.78, 5) is 0. The second-order valence-corrected chi connectivity index (χ2v) is 2.66.